The van der Waals surface area contributed by atoms with Crippen molar-refractivity contribution in [2.75, 3.05) is 18.0 Å². The molecule has 3 unspecified atom stereocenters. The van der Waals surface area contributed by atoms with Gasteiger partial charge in [-0.1, -0.05) is 0 Å². The van der Waals surface area contributed by atoms with E-state index in [9.17, 15) is 9.59 Å². The summed E-state index contributed by atoms with van der Waals surface area (Å²) in [5, 5.41) is 5.84. The summed E-state index contributed by atoms with van der Waals surface area (Å²) < 4.78 is 0. The fourth-order valence-corrected chi connectivity index (χ4v) is 4.19. The largest absolute Gasteiger partial charge is 0.356 e. The number of anilines is 1. The van der Waals surface area contributed by atoms with Crippen LogP contribution in [-0.4, -0.2) is 51.9 Å². The number of carbonyl (C=O) groups is 2. The van der Waals surface area contributed by atoms with Gasteiger partial charge in [0.05, 0.1) is 12.1 Å². The smallest absolute Gasteiger partial charge is 0.220 e. The van der Waals surface area contributed by atoms with E-state index in [4.69, 9.17) is 4.98 Å². The van der Waals surface area contributed by atoms with Gasteiger partial charge < -0.3 is 15.5 Å². The van der Waals surface area contributed by atoms with E-state index in [1.165, 1.54) is 0 Å². The lowest BCUT2D eigenvalue weighted by Crippen LogP contribution is -2.54. The predicted octanol–water partition coefficient (Wildman–Crippen LogP) is 1.46. The van der Waals surface area contributed by atoms with E-state index in [1.54, 1.807) is 12.4 Å². The Morgan fingerprint density at radius 2 is 2.07 bits per heavy atom. The SMILES string of the molecule is CCNC(=O)CCC(=O)NC1C2CC1N(c1cc(C)nc(-c3cccnc3)n1)C2. The number of nitrogens with one attached hydrogen (secondary N) is 2. The lowest BCUT2D eigenvalue weighted by molar-refractivity contribution is -0.127. The number of fused-ring (bicyclic) bond motifs is 1. The van der Waals surface area contributed by atoms with Crippen LogP contribution in [0.1, 0.15) is 31.9 Å². The second kappa shape index (κ2) is 8.14. The molecule has 3 aliphatic rings. The molecule has 2 amide bonds. The van der Waals surface area contributed by atoms with Gasteiger partial charge in [0.2, 0.25) is 11.8 Å². The zero-order valence-electron chi connectivity index (χ0n) is 16.8. The molecule has 2 bridgehead atoms. The minimum atomic E-state index is -0.0831. The van der Waals surface area contributed by atoms with Crippen molar-refractivity contribution < 1.29 is 9.59 Å². The molecule has 3 fully saturated rings. The van der Waals surface area contributed by atoms with E-state index in [-0.39, 0.29) is 36.7 Å². The molecule has 1 saturated carbocycles. The summed E-state index contributed by atoms with van der Waals surface area (Å²) in [4.78, 5) is 39.6. The number of amides is 2. The van der Waals surface area contributed by atoms with E-state index >= 15 is 0 Å². The minimum Gasteiger partial charge on any atom is -0.356 e. The summed E-state index contributed by atoms with van der Waals surface area (Å²) in [5.74, 6) is 1.83. The van der Waals surface area contributed by atoms with Crippen molar-refractivity contribution in [3.05, 3.63) is 36.3 Å². The van der Waals surface area contributed by atoms with Gasteiger partial charge in [-0.2, -0.15) is 0 Å². The van der Waals surface area contributed by atoms with Crippen LogP contribution in [0.3, 0.4) is 0 Å². The predicted molar refractivity (Wildman–Crippen MR) is 109 cm³/mol. The number of pyridine rings is 1. The van der Waals surface area contributed by atoms with E-state index in [1.807, 2.05) is 32.0 Å². The lowest BCUT2D eigenvalue weighted by Gasteiger charge is -2.37. The zero-order valence-corrected chi connectivity index (χ0v) is 16.8. The second-order valence-electron chi connectivity index (χ2n) is 7.70. The quantitative estimate of drug-likeness (QED) is 0.737. The molecule has 0 aromatic carbocycles. The Balaban J connectivity index is 1.41. The molecule has 2 aromatic heterocycles. The van der Waals surface area contributed by atoms with Crippen molar-refractivity contribution in [3.63, 3.8) is 0 Å². The second-order valence-corrected chi connectivity index (χ2v) is 7.70. The summed E-state index contributed by atoms with van der Waals surface area (Å²) >= 11 is 0. The Labute approximate surface area is 170 Å². The third-order valence-electron chi connectivity index (χ3n) is 5.63. The molecule has 2 aliphatic heterocycles. The van der Waals surface area contributed by atoms with Crippen molar-refractivity contribution in [1.29, 1.82) is 0 Å². The Morgan fingerprint density at radius 3 is 2.83 bits per heavy atom. The van der Waals surface area contributed by atoms with Gasteiger partial charge in [0.1, 0.15) is 5.82 Å². The first-order valence-electron chi connectivity index (χ1n) is 10.1. The minimum absolute atomic E-state index is 0.0623. The molecule has 4 heterocycles. The third-order valence-corrected chi connectivity index (χ3v) is 5.63. The lowest BCUT2D eigenvalue weighted by atomic mass is 9.80. The molecule has 1 aliphatic carbocycles. The van der Waals surface area contributed by atoms with Gasteiger partial charge in [-0.05, 0) is 32.4 Å². The van der Waals surface area contributed by atoms with Gasteiger partial charge in [0, 0.05) is 61.6 Å². The van der Waals surface area contributed by atoms with Gasteiger partial charge in [-0.25, -0.2) is 9.97 Å². The van der Waals surface area contributed by atoms with Crippen LogP contribution in [0.4, 0.5) is 5.82 Å². The molecule has 2 saturated heterocycles. The molecule has 29 heavy (non-hydrogen) atoms. The topological polar surface area (TPSA) is 100 Å². The fourth-order valence-electron chi connectivity index (χ4n) is 4.19. The molecule has 0 radical (unpaired) electrons. The third kappa shape index (κ3) is 4.06. The number of hydrogen-bond acceptors (Lipinski definition) is 6. The van der Waals surface area contributed by atoms with Gasteiger partial charge >= 0.3 is 0 Å². The molecule has 3 atom stereocenters. The molecule has 2 aromatic rings. The summed E-state index contributed by atoms with van der Waals surface area (Å²) in [5.41, 5.74) is 1.79. The van der Waals surface area contributed by atoms with Crippen LogP contribution >= 0.6 is 0 Å². The molecule has 152 valence electrons. The van der Waals surface area contributed by atoms with Gasteiger partial charge in [-0.15, -0.1) is 0 Å². The van der Waals surface area contributed by atoms with Crippen LogP contribution in [0.2, 0.25) is 0 Å². The highest BCUT2D eigenvalue weighted by atomic mass is 16.2. The molecule has 0 spiro atoms. The molecule has 2 N–H and O–H groups in total. The number of carbonyl (C=O) groups excluding carboxylic acids is 2. The number of aromatic nitrogens is 3. The zero-order chi connectivity index (χ0) is 20.4. The number of aryl methyl sites for hydroxylation is 1. The van der Waals surface area contributed by atoms with Crippen molar-refractivity contribution in [1.82, 2.24) is 25.6 Å². The average molecular weight is 394 g/mol. The maximum atomic E-state index is 12.3. The van der Waals surface area contributed by atoms with Crippen LogP contribution in [0.15, 0.2) is 30.6 Å². The molecule has 8 heteroatoms. The summed E-state index contributed by atoms with van der Waals surface area (Å²) in [6.45, 7) is 5.29. The van der Waals surface area contributed by atoms with Crippen molar-refractivity contribution in [3.8, 4) is 11.4 Å². The standard InChI is InChI=1S/C21H26N6O2/c1-3-23-18(28)6-7-19(29)26-20-15-10-16(20)27(12-15)17-9-13(2)24-21(25-17)14-5-4-8-22-11-14/h4-5,8-9,11,15-16,20H,3,6-7,10,12H2,1-2H3,(H,23,28)(H,26,29). The highest BCUT2D eigenvalue weighted by Gasteiger charge is 2.53. The Kier molecular flexibility index (Phi) is 5.42. The van der Waals surface area contributed by atoms with Gasteiger partial charge in [0.15, 0.2) is 5.82 Å². The fraction of sp³-hybridized carbons (Fsp3) is 0.476. The van der Waals surface area contributed by atoms with Crippen LogP contribution < -0.4 is 15.5 Å². The summed E-state index contributed by atoms with van der Waals surface area (Å²) in [6.07, 6.45) is 4.99. The maximum absolute atomic E-state index is 12.3. The van der Waals surface area contributed by atoms with Crippen molar-refractivity contribution in [2.24, 2.45) is 5.92 Å². The Hall–Kier alpha value is -3.03. The van der Waals surface area contributed by atoms with Gasteiger partial charge in [0.25, 0.3) is 0 Å². The maximum Gasteiger partial charge on any atom is 0.220 e. The Morgan fingerprint density at radius 1 is 1.24 bits per heavy atom. The van der Waals surface area contributed by atoms with Crippen LogP contribution in [0.25, 0.3) is 11.4 Å². The van der Waals surface area contributed by atoms with Crippen LogP contribution in [0.5, 0.6) is 0 Å². The first-order valence-corrected chi connectivity index (χ1v) is 10.1. The monoisotopic (exact) mass is 394 g/mol. The number of rotatable bonds is 7. The summed E-state index contributed by atoms with van der Waals surface area (Å²) in [6, 6.07) is 6.18. The van der Waals surface area contributed by atoms with Crippen LogP contribution in [-0.2, 0) is 9.59 Å². The molecule has 8 nitrogen and oxygen atoms in total. The summed E-state index contributed by atoms with van der Waals surface area (Å²) in [7, 11) is 0. The average Bonchev–Trinajstić information content (AvgIpc) is 3.31. The van der Waals surface area contributed by atoms with E-state index in [0.29, 0.717) is 18.3 Å². The van der Waals surface area contributed by atoms with E-state index in [0.717, 1.165) is 30.0 Å². The Bertz CT molecular complexity index is 903. The normalized spacial score (nSPS) is 22.1. The van der Waals surface area contributed by atoms with Crippen LogP contribution in [0, 0.1) is 12.8 Å². The van der Waals surface area contributed by atoms with E-state index in [2.05, 4.69) is 25.5 Å². The van der Waals surface area contributed by atoms with Crippen molar-refractivity contribution in [2.45, 2.75) is 45.2 Å². The van der Waals surface area contributed by atoms with Gasteiger partial charge in [-0.3, -0.25) is 14.6 Å². The molecule has 5 rings (SSSR count). The van der Waals surface area contributed by atoms with E-state index < -0.39 is 0 Å². The molecular weight excluding hydrogens is 368 g/mol. The van der Waals surface area contributed by atoms with Crippen molar-refractivity contribution >= 4 is 17.6 Å². The molecular formula is C21H26N6O2. The highest BCUT2D eigenvalue weighted by Crippen LogP contribution is 2.43. The first kappa shape index (κ1) is 19.3. The number of nitrogens with zero attached hydrogens (tertiary/aromatic N) is 4. The number of hydrogen-bond donors (Lipinski definition) is 2. The highest BCUT2D eigenvalue weighted by molar-refractivity contribution is 5.84. The first-order chi connectivity index (χ1) is 14.0.